The summed E-state index contributed by atoms with van der Waals surface area (Å²) in [5.41, 5.74) is -0.464. The van der Waals surface area contributed by atoms with Crippen LogP contribution in [0.5, 0.6) is 5.75 Å². The molecule has 8 nitrogen and oxygen atoms in total. The molecule has 0 aliphatic rings. The monoisotopic (exact) mass is 364 g/mol. The van der Waals surface area contributed by atoms with E-state index in [4.69, 9.17) is 16.3 Å². The fraction of sp³-hybridized carbons (Fsp3) is 0.125. The lowest BCUT2D eigenvalue weighted by Crippen LogP contribution is -2.30. The highest BCUT2D eigenvalue weighted by Crippen LogP contribution is 2.25. The number of carbonyl (C=O) groups excluding carboxylic acids is 2. The third-order valence-corrected chi connectivity index (χ3v) is 3.43. The predicted molar refractivity (Wildman–Crippen MR) is 89.7 cm³/mol. The van der Waals surface area contributed by atoms with E-state index >= 15 is 0 Å². The first-order valence-corrected chi connectivity index (χ1v) is 7.41. The molecular weight excluding hydrogens is 352 g/mol. The molecule has 2 N–H and O–H groups in total. The van der Waals surface area contributed by atoms with Gasteiger partial charge in [-0.25, -0.2) is 4.79 Å². The molecular formula is C16H13ClN2O6. The lowest BCUT2D eigenvalue weighted by Gasteiger charge is -2.14. The molecule has 0 spiro atoms. The molecule has 0 aromatic heterocycles. The number of benzene rings is 2. The summed E-state index contributed by atoms with van der Waals surface area (Å²) in [6.07, 6.45) is -1.25. The minimum atomic E-state index is -1.25. The number of carbonyl (C=O) groups is 2. The highest BCUT2D eigenvalue weighted by atomic mass is 35.5. The number of aromatic hydroxyl groups is 1. The van der Waals surface area contributed by atoms with Gasteiger partial charge in [0.1, 0.15) is 17.0 Å². The summed E-state index contributed by atoms with van der Waals surface area (Å²) in [6, 6.07) is 9.37. The van der Waals surface area contributed by atoms with E-state index in [1.54, 1.807) is 0 Å². The molecule has 1 atom stereocenters. The molecule has 130 valence electrons. The Morgan fingerprint density at radius 1 is 1.28 bits per heavy atom. The van der Waals surface area contributed by atoms with E-state index in [0.717, 1.165) is 6.07 Å². The van der Waals surface area contributed by atoms with E-state index in [0.29, 0.717) is 0 Å². The molecule has 9 heteroatoms. The minimum Gasteiger partial charge on any atom is -0.507 e. The van der Waals surface area contributed by atoms with Crippen LogP contribution in [0.3, 0.4) is 0 Å². The summed E-state index contributed by atoms with van der Waals surface area (Å²) < 4.78 is 4.97. The zero-order valence-electron chi connectivity index (χ0n) is 12.9. The molecule has 0 radical (unpaired) electrons. The van der Waals surface area contributed by atoms with Crippen LogP contribution in [0.2, 0.25) is 5.02 Å². The number of anilines is 1. The largest absolute Gasteiger partial charge is 0.507 e. The Kier molecular flexibility index (Phi) is 5.56. The Balaban J connectivity index is 2.08. The number of ether oxygens (including phenoxy) is 1. The first-order valence-electron chi connectivity index (χ1n) is 7.03. The van der Waals surface area contributed by atoms with Gasteiger partial charge in [-0.05, 0) is 31.2 Å². The number of rotatable bonds is 5. The fourth-order valence-electron chi connectivity index (χ4n) is 1.93. The number of nitrogens with zero attached hydrogens (tertiary/aromatic N) is 1. The van der Waals surface area contributed by atoms with Crippen LogP contribution < -0.4 is 5.32 Å². The van der Waals surface area contributed by atoms with E-state index < -0.39 is 22.9 Å². The van der Waals surface area contributed by atoms with Gasteiger partial charge < -0.3 is 15.2 Å². The number of phenols is 1. The Morgan fingerprint density at radius 2 is 1.96 bits per heavy atom. The van der Waals surface area contributed by atoms with Gasteiger partial charge in [0, 0.05) is 11.1 Å². The standard InChI is InChI=1S/C16H13ClN2O6/c1-9(25-16(22)11-7-6-10(17)8-14(11)20)15(21)18-12-4-2-3-5-13(12)19(23)24/h2-9,20H,1H3,(H,18,21)/t9-/m1/s1. The number of hydrogen-bond donors (Lipinski definition) is 2. The number of hydrogen-bond acceptors (Lipinski definition) is 6. The number of nitrogens with one attached hydrogen (secondary N) is 1. The summed E-state index contributed by atoms with van der Waals surface area (Å²) in [5, 5.41) is 23.2. The van der Waals surface area contributed by atoms with Crippen LogP contribution in [0.15, 0.2) is 42.5 Å². The van der Waals surface area contributed by atoms with Crippen molar-refractivity contribution in [2.24, 2.45) is 0 Å². The predicted octanol–water partition coefficient (Wildman–Crippen LogP) is 3.14. The van der Waals surface area contributed by atoms with Gasteiger partial charge in [-0.2, -0.15) is 0 Å². The van der Waals surface area contributed by atoms with Crippen molar-refractivity contribution in [1.29, 1.82) is 0 Å². The molecule has 0 aliphatic carbocycles. The van der Waals surface area contributed by atoms with Gasteiger partial charge in [0.2, 0.25) is 0 Å². The first-order chi connectivity index (χ1) is 11.8. The Hall–Kier alpha value is -3.13. The summed E-state index contributed by atoms with van der Waals surface area (Å²) in [4.78, 5) is 34.4. The van der Waals surface area contributed by atoms with E-state index in [9.17, 15) is 24.8 Å². The maximum absolute atomic E-state index is 12.1. The van der Waals surface area contributed by atoms with Crippen LogP contribution in [0.1, 0.15) is 17.3 Å². The molecule has 0 saturated carbocycles. The SMILES string of the molecule is C[C@@H](OC(=O)c1ccc(Cl)cc1O)C(=O)Nc1ccccc1[N+](=O)[O-]. The smallest absolute Gasteiger partial charge is 0.342 e. The first kappa shape index (κ1) is 18.2. The Morgan fingerprint density at radius 3 is 2.60 bits per heavy atom. The lowest BCUT2D eigenvalue weighted by atomic mass is 10.2. The average molecular weight is 365 g/mol. The second kappa shape index (κ2) is 7.63. The van der Waals surface area contributed by atoms with Crippen molar-refractivity contribution >= 4 is 34.9 Å². The number of para-hydroxylation sites is 2. The summed E-state index contributed by atoms with van der Waals surface area (Å²) in [5.74, 6) is -2.07. The molecule has 25 heavy (non-hydrogen) atoms. The Bertz CT molecular complexity index is 839. The molecule has 0 saturated heterocycles. The molecule has 0 aliphatic heterocycles. The van der Waals surface area contributed by atoms with Gasteiger partial charge >= 0.3 is 5.97 Å². The van der Waals surface area contributed by atoms with Crippen LogP contribution in [-0.2, 0) is 9.53 Å². The summed E-state index contributed by atoms with van der Waals surface area (Å²) in [7, 11) is 0. The third-order valence-electron chi connectivity index (χ3n) is 3.19. The molecule has 0 fully saturated rings. The second-order valence-corrected chi connectivity index (χ2v) is 5.41. The van der Waals surface area contributed by atoms with E-state index in [2.05, 4.69) is 5.32 Å². The zero-order valence-corrected chi connectivity index (χ0v) is 13.7. The quantitative estimate of drug-likeness (QED) is 0.478. The number of esters is 1. The summed E-state index contributed by atoms with van der Waals surface area (Å²) in [6.45, 7) is 1.30. The third kappa shape index (κ3) is 4.45. The Labute approximate surface area is 147 Å². The normalized spacial score (nSPS) is 11.4. The number of amides is 1. The highest BCUT2D eigenvalue weighted by Gasteiger charge is 2.23. The second-order valence-electron chi connectivity index (χ2n) is 4.97. The number of nitro benzene ring substituents is 1. The lowest BCUT2D eigenvalue weighted by molar-refractivity contribution is -0.383. The summed E-state index contributed by atoms with van der Waals surface area (Å²) >= 11 is 5.68. The zero-order chi connectivity index (χ0) is 18.6. The van der Waals surface area contributed by atoms with Crippen LogP contribution in [0, 0.1) is 10.1 Å². The molecule has 2 aromatic carbocycles. The minimum absolute atomic E-state index is 0.0188. The molecule has 0 heterocycles. The van der Waals surface area contributed by atoms with Gasteiger partial charge in [0.15, 0.2) is 6.10 Å². The van der Waals surface area contributed by atoms with Crippen molar-refractivity contribution < 1.29 is 24.4 Å². The molecule has 2 rings (SSSR count). The number of nitro groups is 1. The van der Waals surface area contributed by atoms with Crippen LogP contribution in [-0.4, -0.2) is 28.0 Å². The molecule has 2 aromatic rings. The molecule has 0 unspecified atom stereocenters. The van der Waals surface area contributed by atoms with Gasteiger partial charge in [-0.1, -0.05) is 23.7 Å². The van der Waals surface area contributed by atoms with E-state index in [-0.39, 0.29) is 27.7 Å². The topological polar surface area (TPSA) is 119 Å². The average Bonchev–Trinajstić information content (AvgIpc) is 2.54. The maximum atomic E-state index is 12.1. The molecule has 1 amide bonds. The van der Waals surface area contributed by atoms with Crippen molar-refractivity contribution in [3.63, 3.8) is 0 Å². The van der Waals surface area contributed by atoms with Gasteiger partial charge in [-0.15, -0.1) is 0 Å². The van der Waals surface area contributed by atoms with Crippen molar-refractivity contribution in [1.82, 2.24) is 0 Å². The van der Waals surface area contributed by atoms with Gasteiger partial charge in [0.25, 0.3) is 11.6 Å². The van der Waals surface area contributed by atoms with Crippen molar-refractivity contribution in [3.8, 4) is 5.75 Å². The van der Waals surface area contributed by atoms with Crippen molar-refractivity contribution in [3.05, 3.63) is 63.2 Å². The highest BCUT2D eigenvalue weighted by molar-refractivity contribution is 6.30. The maximum Gasteiger partial charge on any atom is 0.342 e. The van der Waals surface area contributed by atoms with E-state index in [1.807, 2.05) is 0 Å². The van der Waals surface area contributed by atoms with Crippen molar-refractivity contribution in [2.45, 2.75) is 13.0 Å². The van der Waals surface area contributed by atoms with Crippen LogP contribution in [0.25, 0.3) is 0 Å². The fourth-order valence-corrected chi connectivity index (χ4v) is 2.09. The van der Waals surface area contributed by atoms with Gasteiger partial charge in [0.05, 0.1) is 4.92 Å². The number of halogens is 1. The van der Waals surface area contributed by atoms with Crippen LogP contribution >= 0.6 is 11.6 Å². The van der Waals surface area contributed by atoms with Crippen LogP contribution in [0.4, 0.5) is 11.4 Å². The van der Waals surface area contributed by atoms with Gasteiger partial charge in [-0.3, -0.25) is 14.9 Å². The molecule has 0 bridgehead atoms. The number of phenolic OH excluding ortho intramolecular Hbond substituents is 1. The van der Waals surface area contributed by atoms with Crippen molar-refractivity contribution in [2.75, 3.05) is 5.32 Å². The van der Waals surface area contributed by atoms with E-state index in [1.165, 1.54) is 43.3 Å².